The van der Waals surface area contributed by atoms with Gasteiger partial charge in [-0.15, -0.1) is 0 Å². The van der Waals surface area contributed by atoms with Gasteiger partial charge >= 0.3 is 0 Å². The molecule has 0 aromatic heterocycles. The Labute approximate surface area is 126 Å². The van der Waals surface area contributed by atoms with Crippen molar-refractivity contribution in [2.75, 3.05) is 6.61 Å². The SMILES string of the molecule is O=C(Cc1cccc(Cl)c1F)C1COc2ccccc2O1. The molecule has 0 saturated carbocycles. The van der Waals surface area contributed by atoms with E-state index in [0.29, 0.717) is 11.5 Å². The molecule has 2 aromatic rings. The van der Waals surface area contributed by atoms with E-state index in [4.69, 9.17) is 21.1 Å². The summed E-state index contributed by atoms with van der Waals surface area (Å²) in [7, 11) is 0. The summed E-state index contributed by atoms with van der Waals surface area (Å²) in [6.45, 7) is 0.123. The molecule has 0 amide bonds. The minimum Gasteiger partial charge on any atom is -0.485 e. The number of rotatable bonds is 3. The van der Waals surface area contributed by atoms with Crippen LogP contribution in [0.5, 0.6) is 11.5 Å². The van der Waals surface area contributed by atoms with Crippen LogP contribution < -0.4 is 9.47 Å². The van der Waals surface area contributed by atoms with Crippen molar-refractivity contribution in [3.05, 3.63) is 58.9 Å². The number of carbonyl (C=O) groups excluding carboxylic acids is 1. The lowest BCUT2D eigenvalue weighted by atomic mass is 10.0. The van der Waals surface area contributed by atoms with Gasteiger partial charge in [-0.2, -0.15) is 0 Å². The van der Waals surface area contributed by atoms with Gasteiger partial charge in [-0.05, 0) is 23.8 Å². The van der Waals surface area contributed by atoms with Crippen molar-refractivity contribution in [2.45, 2.75) is 12.5 Å². The molecule has 1 unspecified atom stereocenters. The molecule has 21 heavy (non-hydrogen) atoms. The van der Waals surface area contributed by atoms with E-state index >= 15 is 0 Å². The second-order valence-corrected chi connectivity index (χ2v) is 5.13. The Balaban J connectivity index is 1.74. The maximum atomic E-state index is 13.8. The molecule has 0 fully saturated rings. The maximum absolute atomic E-state index is 13.8. The first-order valence-electron chi connectivity index (χ1n) is 6.49. The van der Waals surface area contributed by atoms with Crippen molar-refractivity contribution in [2.24, 2.45) is 0 Å². The van der Waals surface area contributed by atoms with E-state index in [1.54, 1.807) is 24.3 Å². The number of para-hydroxylation sites is 2. The Morgan fingerprint density at radius 2 is 1.95 bits per heavy atom. The molecule has 5 heteroatoms. The highest BCUT2D eigenvalue weighted by atomic mass is 35.5. The van der Waals surface area contributed by atoms with Crippen LogP contribution in [0.1, 0.15) is 5.56 Å². The third kappa shape index (κ3) is 2.85. The fraction of sp³-hybridized carbons (Fsp3) is 0.188. The van der Waals surface area contributed by atoms with Crippen molar-refractivity contribution in [3.8, 4) is 11.5 Å². The van der Waals surface area contributed by atoms with E-state index < -0.39 is 11.9 Å². The number of hydrogen-bond acceptors (Lipinski definition) is 3. The predicted octanol–water partition coefficient (Wildman–Crippen LogP) is 3.43. The van der Waals surface area contributed by atoms with E-state index in [-0.39, 0.29) is 29.4 Å². The van der Waals surface area contributed by atoms with Crippen LogP contribution in [-0.4, -0.2) is 18.5 Å². The van der Waals surface area contributed by atoms with Gasteiger partial charge in [0.15, 0.2) is 23.4 Å². The van der Waals surface area contributed by atoms with Crippen molar-refractivity contribution >= 4 is 17.4 Å². The Hall–Kier alpha value is -2.07. The second-order valence-electron chi connectivity index (χ2n) is 4.72. The van der Waals surface area contributed by atoms with Crippen LogP contribution in [0, 0.1) is 5.82 Å². The minimum absolute atomic E-state index is 0.00598. The molecule has 0 N–H and O–H groups in total. The van der Waals surface area contributed by atoms with Gasteiger partial charge in [0.25, 0.3) is 0 Å². The number of ketones is 1. The zero-order valence-electron chi connectivity index (χ0n) is 11.0. The first-order chi connectivity index (χ1) is 10.1. The molecular weight excluding hydrogens is 295 g/mol. The zero-order chi connectivity index (χ0) is 14.8. The molecule has 108 valence electrons. The number of ether oxygens (including phenoxy) is 2. The van der Waals surface area contributed by atoms with Crippen LogP contribution in [-0.2, 0) is 11.2 Å². The van der Waals surface area contributed by atoms with E-state index in [0.717, 1.165) is 0 Å². The van der Waals surface area contributed by atoms with Crippen molar-refractivity contribution in [1.82, 2.24) is 0 Å². The summed E-state index contributed by atoms with van der Waals surface area (Å²) in [5.41, 5.74) is 0.259. The monoisotopic (exact) mass is 306 g/mol. The fourth-order valence-electron chi connectivity index (χ4n) is 2.16. The number of Topliss-reactive ketones (excluding diaryl/α,β-unsaturated/α-hetero) is 1. The van der Waals surface area contributed by atoms with Gasteiger partial charge < -0.3 is 9.47 Å². The quantitative estimate of drug-likeness (QED) is 0.871. The molecule has 0 radical (unpaired) electrons. The molecular formula is C16H12ClFO3. The molecule has 1 atom stereocenters. The highest BCUT2D eigenvalue weighted by Gasteiger charge is 2.27. The van der Waals surface area contributed by atoms with Gasteiger partial charge in [0.05, 0.1) is 5.02 Å². The zero-order valence-corrected chi connectivity index (χ0v) is 11.8. The number of carbonyl (C=O) groups is 1. The van der Waals surface area contributed by atoms with Crippen LogP contribution in [0.25, 0.3) is 0 Å². The number of halogens is 2. The Morgan fingerprint density at radius 3 is 2.76 bits per heavy atom. The molecule has 1 aliphatic heterocycles. The Kier molecular flexibility index (Phi) is 3.80. The summed E-state index contributed by atoms with van der Waals surface area (Å²) in [5.74, 6) is 0.319. The molecule has 0 aliphatic carbocycles. The van der Waals surface area contributed by atoms with Crippen LogP contribution in [0.15, 0.2) is 42.5 Å². The van der Waals surface area contributed by atoms with Gasteiger partial charge in [-0.3, -0.25) is 4.79 Å². The summed E-state index contributed by atoms with van der Waals surface area (Å²) in [6.07, 6.45) is -0.818. The number of benzene rings is 2. The maximum Gasteiger partial charge on any atom is 0.191 e. The molecule has 2 aromatic carbocycles. The van der Waals surface area contributed by atoms with Crippen LogP contribution in [0.3, 0.4) is 0 Å². The van der Waals surface area contributed by atoms with Gasteiger partial charge in [-0.1, -0.05) is 35.9 Å². The average molecular weight is 307 g/mol. The lowest BCUT2D eigenvalue weighted by Gasteiger charge is -2.25. The molecule has 1 aliphatic rings. The topological polar surface area (TPSA) is 35.5 Å². The van der Waals surface area contributed by atoms with Gasteiger partial charge in [0, 0.05) is 6.42 Å². The van der Waals surface area contributed by atoms with Crippen molar-refractivity contribution < 1.29 is 18.7 Å². The highest BCUT2D eigenvalue weighted by Crippen LogP contribution is 2.31. The summed E-state index contributed by atoms with van der Waals surface area (Å²) in [4.78, 5) is 12.2. The van der Waals surface area contributed by atoms with E-state index in [2.05, 4.69) is 0 Å². The third-order valence-electron chi connectivity index (χ3n) is 3.26. The standard InChI is InChI=1S/C16H12ClFO3/c17-11-5-3-4-10(16(11)18)8-12(19)15-9-20-13-6-1-2-7-14(13)21-15/h1-7,15H,8-9H2. The third-order valence-corrected chi connectivity index (χ3v) is 3.56. The van der Waals surface area contributed by atoms with Crippen molar-refractivity contribution in [1.29, 1.82) is 0 Å². The van der Waals surface area contributed by atoms with E-state index in [1.807, 2.05) is 6.07 Å². The molecule has 0 bridgehead atoms. The number of hydrogen-bond donors (Lipinski definition) is 0. The fourth-order valence-corrected chi connectivity index (χ4v) is 2.36. The lowest BCUT2D eigenvalue weighted by molar-refractivity contribution is -0.127. The van der Waals surface area contributed by atoms with Crippen LogP contribution >= 0.6 is 11.6 Å². The van der Waals surface area contributed by atoms with Gasteiger partial charge in [0.1, 0.15) is 12.4 Å². The van der Waals surface area contributed by atoms with Crippen molar-refractivity contribution in [3.63, 3.8) is 0 Å². The molecule has 0 saturated heterocycles. The second kappa shape index (κ2) is 5.74. The highest BCUT2D eigenvalue weighted by molar-refractivity contribution is 6.30. The first kappa shape index (κ1) is 13.9. The molecule has 3 nitrogen and oxygen atoms in total. The predicted molar refractivity (Wildman–Crippen MR) is 76.5 cm³/mol. The van der Waals surface area contributed by atoms with E-state index in [9.17, 15) is 9.18 Å². The van der Waals surface area contributed by atoms with Gasteiger partial charge in [-0.25, -0.2) is 4.39 Å². The Morgan fingerprint density at radius 1 is 1.19 bits per heavy atom. The summed E-state index contributed by atoms with van der Waals surface area (Å²) >= 11 is 5.71. The van der Waals surface area contributed by atoms with Crippen LogP contribution in [0.4, 0.5) is 4.39 Å². The van der Waals surface area contributed by atoms with Crippen LogP contribution in [0.2, 0.25) is 5.02 Å². The summed E-state index contributed by atoms with van der Waals surface area (Å²) in [5, 5.41) is 0.00598. The van der Waals surface area contributed by atoms with Gasteiger partial charge in [0.2, 0.25) is 0 Å². The summed E-state index contributed by atoms with van der Waals surface area (Å²) < 4.78 is 24.9. The lowest BCUT2D eigenvalue weighted by Crippen LogP contribution is -2.37. The normalized spacial score (nSPS) is 16.6. The number of fused-ring (bicyclic) bond motifs is 1. The first-order valence-corrected chi connectivity index (χ1v) is 6.87. The largest absolute Gasteiger partial charge is 0.485 e. The minimum atomic E-state index is -0.738. The Bertz CT molecular complexity index is 687. The molecule has 1 heterocycles. The summed E-state index contributed by atoms with van der Waals surface area (Å²) in [6, 6.07) is 11.7. The average Bonchev–Trinajstić information content (AvgIpc) is 2.51. The molecule has 0 spiro atoms. The van der Waals surface area contributed by atoms with E-state index in [1.165, 1.54) is 12.1 Å². The smallest absolute Gasteiger partial charge is 0.191 e. The molecule has 3 rings (SSSR count).